The van der Waals surface area contributed by atoms with Crippen LogP contribution in [0.5, 0.6) is 11.5 Å². The number of pyridine rings is 1. The van der Waals surface area contributed by atoms with Gasteiger partial charge in [0.15, 0.2) is 0 Å². The van der Waals surface area contributed by atoms with Gasteiger partial charge in [0.05, 0.1) is 11.2 Å². The molecule has 0 saturated carbocycles. The number of carbonyl (C=O) groups excluding carboxylic acids is 1. The second kappa shape index (κ2) is 9.42. The maximum atomic E-state index is 12.9. The van der Waals surface area contributed by atoms with Gasteiger partial charge in [0, 0.05) is 25.2 Å². The molecule has 2 heterocycles. The van der Waals surface area contributed by atoms with E-state index in [1.165, 1.54) is 16.8 Å². The second-order valence-corrected chi connectivity index (χ2v) is 6.97. The van der Waals surface area contributed by atoms with Crippen LogP contribution in [0, 0.1) is 0 Å². The number of rotatable bonds is 8. The number of ether oxygens (including phenoxy) is 2. The third-order valence-electron chi connectivity index (χ3n) is 4.71. The minimum Gasteiger partial charge on any atom is -0.487 e. The first-order chi connectivity index (χ1) is 15.5. The minimum absolute atomic E-state index is 0.0347. The summed E-state index contributed by atoms with van der Waals surface area (Å²) in [5, 5.41) is 7.82. The smallest absolute Gasteiger partial charge is 0.387 e. The van der Waals surface area contributed by atoms with Gasteiger partial charge in [-0.2, -0.15) is 13.9 Å². The van der Waals surface area contributed by atoms with Gasteiger partial charge in [-0.1, -0.05) is 18.2 Å². The number of fused-ring (bicyclic) bond motifs is 1. The Morgan fingerprint density at radius 2 is 1.97 bits per heavy atom. The molecule has 2 aromatic carbocycles. The van der Waals surface area contributed by atoms with E-state index in [2.05, 4.69) is 20.1 Å². The number of halogens is 2. The van der Waals surface area contributed by atoms with Crippen molar-refractivity contribution in [2.45, 2.75) is 19.8 Å². The number of aryl methyl sites for hydroxylation is 1. The van der Waals surface area contributed by atoms with Crippen molar-refractivity contribution in [3.05, 3.63) is 83.8 Å². The molecule has 1 amide bonds. The molecular weight excluding hydrogens is 418 g/mol. The molecule has 2 aromatic heterocycles. The summed E-state index contributed by atoms with van der Waals surface area (Å²) < 4.78 is 36.5. The topological polar surface area (TPSA) is 78.3 Å². The highest BCUT2D eigenvalue weighted by Crippen LogP contribution is 2.24. The van der Waals surface area contributed by atoms with E-state index in [0.29, 0.717) is 34.5 Å². The molecule has 164 valence electrons. The molecule has 0 radical (unpaired) electrons. The fraction of sp³-hybridized carbons (Fsp3) is 0.174. The summed E-state index contributed by atoms with van der Waals surface area (Å²) in [5.74, 6) is 0.270. The molecule has 1 N–H and O–H groups in total. The molecule has 0 aliphatic rings. The highest BCUT2D eigenvalue weighted by atomic mass is 19.3. The molecule has 0 aliphatic carbocycles. The van der Waals surface area contributed by atoms with Gasteiger partial charge >= 0.3 is 6.61 Å². The number of alkyl halides is 2. The van der Waals surface area contributed by atoms with Crippen molar-refractivity contribution in [1.29, 1.82) is 0 Å². The third-order valence-corrected chi connectivity index (χ3v) is 4.71. The Kier molecular flexibility index (Phi) is 6.25. The zero-order chi connectivity index (χ0) is 22.5. The highest BCUT2D eigenvalue weighted by molar-refractivity contribution is 6.05. The van der Waals surface area contributed by atoms with Gasteiger partial charge in [0.2, 0.25) is 0 Å². The predicted molar refractivity (Wildman–Crippen MR) is 114 cm³/mol. The largest absolute Gasteiger partial charge is 0.487 e. The number of hydrogen-bond acceptors (Lipinski definition) is 5. The Hall–Kier alpha value is -4.01. The zero-order valence-corrected chi connectivity index (χ0v) is 17.2. The van der Waals surface area contributed by atoms with E-state index in [-0.39, 0.29) is 18.2 Å². The normalized spacial score (nSPS) is 11.0. The van der Waals surface area contributed by atoms with Crippen molar-refractivity contribution < 1.29 is 23.0 Å². The number of benzene rings is 2. The van der Waals surface area contributed by atoms with Crippen molar-refractivity contribution >= 4 is 16.8 Å². The number of hydrogen-bond donors (Lipinski definition) is 1. The van der Waals surface area contributed by atoms with E-state index < -0.39 is 6.61 Å². The molecule has 0 spiro atoms. The van der Waals surface area contributed by atoms with Gasteiger partial charge < -0.3 is 14.8 Å². The number of amides is 1. The predicted octanol–water partition coefficient (Wildman–Crippen LogP) is 4.08. The molecule has 4 rings (SSSR count). The van der Waals surface area contributed by atoms with Crippen LogP contribution in [-0.2, 0) is 20.2 Å². The lowest BCUT2D eigenvalue weighted by atomic mass is 10.1. The first-order valence-electron chi connectivity index (χ1n) is 9.81. The SMILES string of the molecule is Cn1nc2ccc(OCc3ccccn3)cc2c1C(=O)NCc1cccc(OC(F)F)c1. The van der Waals surface area contributed by atoms with Crippen molar-refractivity contribution in [3.63, 3.8) is 0 Å². The van der Waals surface area contributed by atoms with Gasteiger partial charge in [-0.05, 0) is 48.0 Å². The maximum absolute atomic E-state index is 12.9. The van der Waals surface area contributed by atoms with E-state index in [1.807, 2.05) is 18.2 Å². The van der Waals surface area contributed by atoms with Crippen LogP contribution < -0.4 is 14.8 Å². The Labute approximate surface area is 182 Å². The average molecular weight is 438 g/mol. The van der Waals surface area contributed by atoms with Gasteiger partial charge in [-0.3, -0.25) is 14.5 Å². The van der Waals surface area contributed by atoms with Crippen molar-refractivity contribution in [2.75, 3.05) is 0 Å². The molecule has 0 unspecified atom stereocenters. The van der Waals surface area contributed by atoms with Gasteiger partial charge in [0.25, 0.3) is 5.91 Å². The van der Waals surface area contributed by atoms with Crippen LogP contribution >= 0.6 is 0 Å². The van der Waals surface area contributed by atoms with Crippen LogP contribution in [-0.4, -0.2) is 27.3 Å². The molecule has 0 saturated heterocycles. The molecule has 7 nitrogen and oxygen atoms in total. The standard InChI is InChI=1S/C23H20F2N4O3/c1-29-21(22(30)27-13-15-5-4-7-18(11-15)32-23(24)25)19-12-17(8-9-20(19)28-29)31-14-16-6-2-3-10-26-16/h2-12,23H,13-14H2,1H3,(H,27,30). The lowest BCUT2D eigenvalue weighted by Gasteiger charge is -2.09. The quantitative estimate of drug-likeness (QED) is 0.449. The van der Waals surface area contributed by atoms with E-state index in [9.17, 15) is 13.6 Å². The number of carbonyl (C=O) groups is 1. The molecule has 4 aromatic rings. The van der Waals surface area contributed by atoms with E-state index in [4.69, 9.17) is 4.74 Å². The summed E-state index contributed by atoms with van der Waals surface area (Å²) in [7, 11) is 1.68. The number of nitrogens with zero attached hydrogens (tertiary/aromatic N) is 3. The van der Waals surface area contributed by atoms with Crippen LogP contribution in [0.25, 0.3) is 10.9 Å². The van der Waals surface area contributed by atoms with Crippen LogP contribution in [0.1, 0.15) is 21.7 Å². The summed E-state index contributed by atoms with van der Waals surface area (Å²) in [6, 6.07) is 17.1. The summed E-state index contributed by atoms with van der Waals surface area (Å²) in [5.41, 5.74) is 2.43. The molecule has 9 heteroatoms. The zero-order valence-electron chi connectivity index (χ0n) is 17.2. The first-order valence-corrected chi connectivity index (χ1v) is 9.81. The Balaban J connectivity index is 1.49. The van der Waals surface area contributed by atoms with Crippen LogP contribution in [0.4, 0.5) is 8.78 Å². The summed E-state index contributed by atoms with van der Waals surface area (Å²) in [6.45, 7) is -2.47. The van der Waals surface area contributed by atoms with Gasteiger partial charge in [0.1, 0.15) is 23.8 Å². The second-order valence-electron chi connectivity index (χ2n) is 6.97. The van der Waals surface area contributed by atoms with Gasteiger partial charge in [-0.25, -0.2) is 0 Å². The molecule has 0 bridgehead atoms. The Morgan fingerprint density at radius 1 is 1.09 bits per heavy atom. The monoisotopic (exact) mass is 438 g/mol. The minimum atomic E-state index is -2.91. The molecule has 0 fully saturated rings. The fourth-order valence-corrected chi connectivity index (χ4v) is 3.28. The van der Waals surface area contributed by atoms with E-state index in [0.717, 1.165) is 5.69 Å². The van der Waals surface area contributed by atoms with Crippen LogP contribution in [0.2, 0.25) is 0 Å². The van der Waals surface area contributed by atoms with E-state index >= 15 is 0 Å². The van der Waals surface area contributed by atoms with Gasteiger partial charge in [-0.15, -0.1) is 0 Å². The van der Waals surface area contributed by atoms with Crippen molar-refractivity contribution in [1.82, 2.24) is 20.1 Å². The average Bonchev–Trinajstić information content (AvgIpc) is 3.11. The highest BCUT2D eigenvalue weighted by Gasteiger charge is 2.17. The third kappa shape index (κ3) is 5.00. The summed E-state index contributed by atoms with van der Waals surface area (Å²) in [6.07, 6.45) is 1.70. The van der Waals surface area contributed by atoms with Crippen LogP contribution in [0.3, 0.4) is 0 Å². The van der Waals surface area contributed by atoms with Crippen molar-refractivity contribution in [3.8, 4) is 11.5 Å². The summed E-state index contributed by atoms with van der Waals surface area (Å²) in [4.78, 5) is 17.1. The first kappa shape index (κ1) is 21.2. The Morgan fingerprint density at radius 3 is 2.75 bits per heavy atom. The van der Waals surface area contributed by atoms with E-state index in [1.54, 1.807) is 43.6 Å². The number of aromatic nitrogens is 3. The number of nitrogens with one attached hydrogen (secondary N) is 1. The summed E-state index contributed by atoms with van der Waals surface area (Å²) >= 11 is 0. The fourth-order valence-electron chi connectivity index (χ4n) is 3.28. The maximum Gasteiger partial charge on any atom is 0.387 e. The lowest BCUT2D eigenvalue weighted by molar-refractivity contribution is -0.0498. The Bertz CT molecular complexity index is 1230. The lowest BCUT2D eigenvalue weighted by Crippen LogP contribution is -2.25. The molecule has 0 aliphatic heterocycles. The molecular formula is C23H20F2N4O3. The van der Waals surface area contributed by atoms with Crippen molar-refractivity contribution in [2.24, 2.45) is 7.05 Å². The van der Waals surface area contributed by atoms with Crippen LogP contribution in [0.15, 0.2) is 66.9 Å². The molecule has 32 heavy (non-hydrogen) atoms. The molecule has 0 atom stereocenters.